The van der Waals surface area contributed by atoms with Gasteiger partial charge < -0.3 is 19.5 Å². The van der Waals surface area contributed by atoms with E-state index >= 15 is 0 Å². The Balaban J connectivity index is 1.81. The number of benzene rings is 2. The quantitative estimate of drug-likeness (QED) is 0.602. The Bertz CT molecular complexity index is 653. The maximum Gasteiger partial charge on any atom is 0.161 e. The summed E-state index contributed by atoms with van der Waals surface area (Å²) in [7, 11) is 1.68. The van der Waals surface area contributed by atoms with Crippen molar-refractivity contribution in [1.29, 1.82) is 0 Å². The van der Waals surface area contributed by atoms with E-state index in [1.165, 1.54) is 11.1 Å². The summed E-state index contributed by atoms with van der Waals surface area (Å²) in [4.78, 5) is 0. The molecule has 4 heteroatoms. The van der Waals surface area contributed by atoms with Crippen LogP contribution in [0.5, 0.6) is 11.5 Å². The number of ether oxygens (including phenoxy) is 3. The highest BCUT2D eigenvalue weighted by atomic mass is 16.5. The van der Waals surface area contributed by atoms with Crippen LogP contribution in [0.3, 0.4) is 0 Å². The van der Waals surface area contributed by atoms with Crippen LogP contribution in [0.2, 0.25) is 0 Å². The molecule has 0 aromatic heterocycles. The molecule has 26 heavy (non-hydrogen) atoms. The van der Waals surface area contributed by atoms with Crippen molar-refractivity contribution in [1.82, 2.24) is 5.32 Å². The lowest BCUT2D eigenvalue weighted by Crippen LogP contribution is -2.17. The van der Waals surface area contributed by atoms with Crippen molar-refractivity contribution < 1.29 is 14.2 Å². The average Bonchev–Trinajstić information content (AvgIpc) is 2.64. The normalized spacial score (nSPS) is 11.0. The van der Waals surface area contributed by atoms with Crippen molar-refractivity contribution in [3.8, 4) is 11.5 Å². The zero-order valence-corrected chi connectivity index (χ0v) is 16.4. The summed E-state index contributed by atoms with van der Waals surface area (Å²) in [5.41, 5.74) is 3.57. The molecule has 0 saturated carbocycles. The minimum Gasteiger partial charge on any atom is -0.493 e. The minimum absolute atomic E-state index is 0.298. The first-order valence-electron chi connectivity index (χ1n) is 9.26. The molecule has 0 bridgehead atoms. The van der Waals surface area contributed by atoms with Gasteiger partial charge >= 0.3 is 0 Å². The Kier molecular flexibility index (Phi) is 8.45. The van der Waals surface area contributed by atoms with Gasteiger partial charge in [0.1, 0.15) is 6.61 Å². The van der Waals surface area contributed by atoms with Gasteiger partial charge in [0.25, 0.3) is 0 Å². The second-order valence-electron chi connectivity index (χ2n) is 6.71. The molecule has 2 aromatic carbocycles. The molecular formula is C22H31NO3. The summed E-state index contributed by atoms with van der Waals surface area (Å²) in [6.45, 7) is 9.25. The first kappa shape index (κ1) is 20.3. The van der Waals surface area contributed by atoms with Crippen molar-refractivity contribution in [2.45, 2.75) is 46.4 Å². The predicted molar refractivity (Wildman–Crippen MR) is 106 cm³/mol. The Morgan fingerprint density at radius 2 is 1.69 bits per heavy atom. The van der Waals surface area contributed by atoms with Gasteiger partial charge in [-0.15, -0.1) is 0 Å². The van der Waals surface area contributed by atoms with E-state index in [2.05, 4.69) is 56.4 Å². The molecule has 0 saturated heterocycles. The summed E-state index contributed by atoms with van der Waals surface area (Å²) < 4.78 is 17.0. The fraction of sp³-hybridized carbons (Fsp3) is 0.455. The van der Waals surface area contributed by atoms with Crippen LogP contribution >= 0.6 is 0 Å². The average molecular weight is 357 g/mol. The van der Waals surface area contributed by atoms with E-state index in [9.17, 15) is 0 Å². The molecule has 2 aromatic rings. The van der Waals surface area contributed by atoms with E-state index in [1.807, 2.05) is 12.1 Å². The lowest BCUT2D eigenvalue weighted by atomic mass is 10.1. The first-order chi connectivity index (χ1) is 12.6. The molecule has 0 aliphatic heterocycles. The molecule has 0 unspecified atom stereocenters. The zero-order valence-electron chi connectivity index (χ0n) is 16.4. The third-order valence-corrected chi connectivity index (χ3v) is 4.02. The zero-order chi connectivity index (χ0) is 18.8. The van der Waals surface area contributed by atoms with Crippen molar-refractivity contribution in [3.63, 3.8) is 0 Å². The van der Waals surface area contributed by atoms with E-state index in [1.54, 1.807) is 7.11 Å². The number of hydrogen-bond acceptors (Lipinski definition) is 4. The fourth-order valence-electron chi connectivity index (χ4n) is 2.54. The number of nitrogens with one attached hydrogen (secondary N) is 1. The third-order valence-electron chi connectivity index (χ3n) is 4.02. The Morgan fingerprint density at radius 1 is 0.962 bits per heavy atom. The van der Waals surface area contributed by atoms with Gasteiger partial charge in [-0.25, -0.2) is 0 Å². The molecule has 4 nitrogen and oxygen atoms in total. The van der Waals surface area contributed by atoms with Crippen LogP contribution in [0, 0.1) is 6.92 Å². The van der Waals surface area contributed by atoms with Crippen LogP contribution in [0.4, 0.5) is 0 Å². The van der Waals surface area contributed by atoms with Crippen LogP contribution in [-0.2, 0) is 17.9 Å². The van der Waals surface area contributed by atoms with E-state index < -0.39 is 0 Å². The van der Waals surface area contributed by atoms with Gasteiger partial charge in [0, 0.05) is 13.2 Å². The summed E-state index contributed by atoms with van der Waals surface area (Å²) in [6, 6.07) is 14.4. The lowest BCUT2D eigenvalue weighted by molar-refractivity contribution is 0.0770. The van der Waals surface area contributed by atoms with Crippen molar-refractivity contribution in [2.75, 3.05) is 20.3 Å². The number of methoxy groups -OCH3 is 1. The summed E-state index contributed by atoms with van der Waals surface area (Å²) >= 11 is 0. The van der Waals surface area contributed by atoms with Crippen molar-refractivity contribution in [2.24, 2.45) is 0 Å². The standard InChI is InChI=1S/C22H31NO3/c1-17(2)25-13-5-12-23-15-20-10-11-21(22(14-20)24-4)26-16-19-8-6-18(3)7-9-19/h6-11,14,17,23H,5,12-13,15-16H2,1-4H3. The summed E-state index contributed by atoms with van der Waals surface area (Å²) in [6.07, 6.45) is 1.30. The minimum atomic E-state index is 0.298. The largest absolute Gasteiger partial charge is 0.493 e. The van der Waals surface area contributed by atoms with Gasteiger partial charge in [-0.1, -0.05) is 35.9 Å². The smallest absolute Gasteiger partial charge is 0.161 e. The second kappa shape index (κ2) is 10.8. The van der Waals surface area contributed by atoms with Gasteiger partial charge in [0.15, 0.2) is 11.5 Å². The molecule has 0 aliphatic carbocycles. The molecule has 0 radical (unpaired) electrons. The Morgan fingerprint density at radius 3 is 2.38 bits per heavy atom. The molecule has 0 heterocycles. The second-order valence-corrected chi connectivity index (χ2v) is 6.71. The van der Waals surface area contributed by atoms with Crippen LogP contribution in [0.15, 0.2) is 42.5 Å². The van der Waals surface area contributed by atoms with Crippen LogP contribution in [-0.4, -0.2) is 26.4 Å². The summed E-state index contributed by atoms with van der Waals surface area (Å²) in [5, 5.41) is 3.43. The topological polar surface area (TPSA) is 39.7 Å². The van der Waals surface area contributed by atoms with Gasteiger partial charge in [-0.05, 0) is 57.0 Å². The molecule has 2 rings (SSSR count). The van der Waals surface area contributed by atoms with Crippen molar-refractivity contribution in [3.05, 3.63) is 59.2 Å². The molecule has 0 spiro atoms. The van der Waals surface area contributed by atoms with Crippen molar-refractivity contribution >= 4 is 0 Å². The highest BCUT2D eigenvalue weighted by Gasteiger charge is 2.06. The van der Waals surface area contributed by atoms with E-state index in [4.69, 9.17) is 14.2 Å². The molecule has 0 aliphatic rings. The van der Waals surface area contributed by atoms with Gasteiger partial charge in [0.05, 0.1) is 13.2 Å². The maximum atomic E-state index is 5.93. The first-order valence-corrected chi connectivity index (χ1v) is 9.26. The lowest BCUT2D eigenvalue weighted by Gasteiger charge is -2.13. The molecule has 142 valence electrons. The van der Waals surface area contributed by atoms with Gasteiger partial charge in [-0.3, -0.25) is 0 Å². The summed E-state index contributed by atoms with van der Waals surface area (Å²) in [5.74, 6) is 1.53. The molecule has 1 N–H and O–H groups in total. The predicted octanol–water partition coefficient (Wildman–Crippen LogP) is 4.49. The highest BCUT2D eigenvalue weighted by Crippen LogP contribution is 2.28. The number of rotatable bonds is 11. The van der Waals surface area contributed by atoms with Gasteiger partial charge in [0.2, 0.25) is 0 Å². The molecule has 0 amide bonds. The SMILES string of the molecule is COc1cc(CNCCCOC(C)C)ccc1OCc1ccc(C)cc1. The molecular weight excluding hydrogens is 326 g/mol. The number of aryl methyl sites for hydroxylation is 1. The van der Waals surface area contributed by atoms with E-state index in [0.717, 1.165) is 43.2 Å². The van der Waals surface area contributed by atoms with Crippen LogP contribution in [0.1, 0.15) is 37.0 Å². The van der Waals surface area contributed by atoms with E-state index in [-0.39, 0.29) is 0 Å². The fourth-order valence-corrected chi connectivity index (χ4v) is 2.54. The Labute approximate surface area is 157 Å². The Hall–Kier alpha value is -2.04. The van der Waals surface area contributed by atoms with Crippen LogP contribution < -0.4 is 14.8 Å². The van der Waals surface area contributed by atoms with Gasteiger partial charge in [-0.2, -0.15) is 0 Å². The monoisotopic (exact) mass is 357 g/mol. The highest BCUT2D eigenvalue weighted by molar-refractivity contribution is 5.43. The maximum absolute atomic E-state index is 5.93. The molecule has 0 fully saturated rings. The molecule has 0 atom stereocenters. The number of hydrogen-bond donors (Lipinski definition) is 1. The van der Waals surface area contributed by atoms with Crippen LogP contribution in [0.25, 0.3) is 0 Å². The third kappa shape index (κ3) is 7.06. The van der Waals surface area contributed by atoms with E-state index in [0.29, 0.717) is 12.7 Å².